The Morgan fingerprint density at radius 1 is 1.14 bits per heavy atom. The number of halogens is 3. The summed E-state index contributed by atoms with van der Waals surface area (Å²) < 4.78 is 41.1. The zero-order valence-corrected chi connectivity index (χ0v) is 16.3. The van der Waals surface area contributed by atoms with Crippen LogP contribution in [0.5, 0.6) is 0 Å². The van der Waals surface area contributed by atoms with E-state index >= 15 is 0 Å². The number of carboxylic acids is 1. The van der Waals surface area contributed by atoms with E-state index in [9.17, 15) is 23.1 Å². The number of fused-ring (bicyclic) bond motifs is 1. The summed E-state index contributed by atoms with van der Waals surface area (Å²) in [6.07, 6.45) is -2.34. The summed E-state index contributed by atoms with van der Waals surface area (Å²) in [6, 6.07) is 11.7. The highest BCUT2D eigenvalue weighted by molar-refractivity contribution is 7.17. The van der Waals surface area contributed by atoms with Crippen LogP contribution in [-0.2, 0) is 11.0 Å². The number of likely N-dealkylation sites (tertiary alicyclic amines) is 1. The van der Waals surface area contributed by atoms with Gasteiger partial charge in [-0.15, -0.1) is 11.3 Å². The summed E-state index contributed by atoms with van der Waals surface area (Å²) in [5, 5.41) is 12.7. The fraction of sp³-hybridized carbons (Fsp3) is 0.318. The van der Waals surface area contributed by atoms with Crippen LogP contribution in [0.1, 0.15) is 42.0 Å². The molecule has 29 heavy (non-hydrogen) atoms. The summed E-state index contributed by atoms with van der Waals surface area (Å²) in [5.41, 5.74) is 0.609. The lowest BCUT2D eigenvalue weighted by Crippen LogP contribution is -2.46. The summed E-state index contributed by atoms with van der Waals surface area (Å²) >= 11 is 1.52. The smallest absolute Gasteiger partial charge is 0.416 e. The van der Waals surface area contributed by atoms with E-state index in [1.54, 1.807) is 6.07 Å². The molecule has 0 aliphatic carbocycles. The van der Waals surface area contributed by atoms with Gasteiger partial charge in [-0.25, -0.2) is 0 Å². The van der Waals surface area contributed by atoms with Crippen LogP contribution in [0.3, 0.4) is 0 Å². The molecule has 3 nitrogen and oxygen atoms in total. The summed E-state index contributed by atoms with van der Waals surface area (Å²) in [6.45, 7) is 0.530. The van der Waals surface area contributed by atoms with Crippen LogP contribution in [0.2, 0.25) is 0 Å². The van der Waals surface area contributed by atoms with Gasteiger partial charge in [-0.1, -0.05) is 36.8 Å². The molecule has 1 aliphatic heterocycles. The Hall–Kier alpha value is -2.38. The first-order valence-corrected chi connectivity index (χ1v) is 10.4. The third-order valence-corrected chi connectivity index (χ3v) is 6.48. The zero-order valence-electron chi connectivity index (χ0n) is 15.5. The topological polar surface area (TPSA) is 40.5 Å². The fourth-order valence-corrected chi connectivity index (χ4v) is 5.15. The average Bonchev–Trinajstić information content (AvgIpc) is 3.12. The van der Waals surface area contributed by atoms with Crippen molar-refractivity contribution in [3.05, 3.63) is 70.6 Å². The molecule has 1 N–H and O–H groups in total. The number of alkyl halides is 3. The van der Waals surface area contributed by atoms with Gasteiger partial charge in [0.05, 0.1) is 11.6 Å². The largest absolute Gasteiger partial charge is 0.480 e. The quantitative estimate of drug-likeness (QED) is 0.568. The zero-order chi connectivity index (χ0) is 20.6. The first kappa shape index (κ1) is 19.9. The van der Waals surface area contributed by atoms with Gasteiger partial charge in [0.15, 0.2) is 0 Å². The van der Waals surface area contributed by atoms with Gasteiger partial charge in [-0.05, 0) is 59.5 Å². The molecule has 2 atom stereocenters. The van der Waals surface area contributed by atoms with Crippen LogP contribution in [0.4, 0.5) is 13.2 Å². The van der Waals surface area contributed by atoms with E-state index in [1.807, 2.05) is 34.5 Å². The standard InChI is InChI=1S/C22H20F3NO2S/c23-22(24,25)15-7-5-6-14(12-15)20(26-11-4-3-9-18(26)21(27)28)17-13-29-19-10-2-1-8-16(17)19/h1-2,5-8,10,12-13,18,20H,3-4,9,11H2,(H,27,28). The van der Waals surface area contributed by atoms with Crippen LogP contribution < -0.4 is 0 Å². The Bertz CT molecular complexity index is 1030. The van der Waals surface area contributed by atoms with Gasteiger partial charge in [0.2, 0.25) is 0 Å². The molecule has 0 bridgehead atoms. The Morgan fingerprint density at radius 2 is 1.93 bits per heavy atom. The fourth-order valence-electron chi connectivity index (χ4n) is 4.17. The minimum atomic E-state index is -4.45. The van der Waals surface area contributed by atoms with Crippen LogP contribution in [-0.4, -0.2) is 28.6 Å². The first-order valence-electron chi connectivity index (χ1n) is 9.48. The van der Waals surface area contributed by atoms with Crippen LogP contribution in [0.15, 0.2) is 53.9 Å². The van der Waals surface area contributed by atoms with E-state index in [-0.39, 0.29) is 0 Å². The number of rotatable bonds is 4. The highest BCUT2D eigenvalue weighted by Gasteiger charge is 2.37. The van der Waals surface area contributed by atoms with Crippen LogP contribution in [0, 0.1) is 0 Å². The molecule has 1 aliphatic rings. The maximum Gasteiger partial charge on any atom is 0.416 e. The van der Waals surface area contributed by atoms with E-state index in [1.165, 1.54) is 17.4 Å². The van der Waals surface area contributed by atoms with Crippen molar-refractivity contribution in [3.63, 3.8) is 0 Å². The lowest BCUT2D eigenvalue weighted by atomic mass is 9.90. The second-order valence-corrected chi connectivity index (χ2v) is 8.21. The number of hydrogen-bond acceptors (Lipinski definition) is 3. The number of carbonyl (C=O) groups is 1. The molecule has 0 spiro atoms. The molecule has 2 heterocycles. The molecule has 1 aromatic heterocycles. The van der Waals surface area contributed by atoms with Crippen LogP contribution in [0.25, 0.3) is 10.1 Å². The Balaban J connectivity index is 1.89. The Labute approximate surface area is 170 Å². The molecular formula is C22H20F3NO2S. The number of aliphatic carboxylic acids is 1. The number of carboxylic acid groups (broad SMARTS) is 1. The maximum absolute atomic E-state index is 13.4. The van der Waals surface area contributed by atoms with Gasteiger partial charge in [-0.3, -0.25) is 9.69 Å². The molecule has 2 aromatic carbocycles. The second kappa shape index (κ2) is 7.80. The summed E-state index contributed by atoms with van der Waals surface area (Å²) in [5.74, 6) is -0.929. The van der Waals surface area contributed by atoms with E-state index in [4.69, 9.17) is 0 Å². The summed E-state index contributed by atoms with van der Waals surface area (Å²) in [7, 11) is 0. The highest BCUT2D eigenvalue weighted by Crippen LogP contribution is 2.41. The molecule has 4 rings (SSSR count). The maximum atomic E-state index is 13.4. The van der Waals surface area contributed by atoms with Crippen molar-refractivity contribution >= 4 is 27.4 Å². The monoisotopic (exact) mass is 419 g/mol. The molecule has 0 amide bonds. The lowest BCUT2D eigenvalue weighted by Gasteiger charge is -2.39. The van der Waals surface area contributed by atoms with Crippen molar-refractivity contribution in [3.8, 4) is 0 Å². The number of thiophene rings is 1. The molecule has 0 saturated carbocycles. The van der Waals surface area contributed by atoms with Crippen molar-refractivity contribution in [1.29, 1.82) is 0 Å². The van der Waals surface area contributed by atoms with Gasteiger partial charge in [0.25, 0.3) is 0 Å². The highest BCUT2D eigenvalue weighted by atomic mass is 32.1. The lowest BCUT2D eigenvalue weighted by molar-refractivity contribution is -0.145. The number of nitrogens with zero attached hydrogens (tertiary/aromatic N) is 1. The Kier molecular flexibility index (Phi) is 5.36. The van der Waals surface area contributed by atoms with Crippen molar-refractivity contribution in [2.75, 3.05) is 6.54 Å². The predicted octanol–water partition coefficient (Wildman–Crippen LogP) is 5.95. The molecular weight excluding hydrogens is 399 g/mol. The van der Waals surface area contributed by atoms with Gasteiger partial charge in [-0.2, -0.15) is 13.2 Å². The molecule has 0 radical (unpaired) electrons. The average molecular weight is 419 g/mol. The van der Waals surface area contributed by atoms with E-state index in [2.05, 4.69) is 0 Å². The second-order valence-electron chi connectivity index (χ2n) is 7.30. The van der Waals surface area contributed by atoms with E-state index in [0.717, 1.165) is 40.6 Å². The molecule has 2 unspecified atom stereocenters. The van der Waals surface area contributed by atoms with Gasteiger partial charge in [0, 0.05) is 4.70 Å². The number of hydrogen-bond donors (Lipinski definition) is 1. The van der Waals surface area contributed by atoms with Crippen molar-refractivity contribution in [1.82, 2.24) is 4.90 Å². The van der Waals surface area contributed by atoms with Crippen LogP contribution >= 0.6 is 11.3 Å². The normalized spacial score (nSPS) is 19.3. The summed E-state index contributed by atoms with van der Waals surface area (Å²) in [4.78, 5) is 13.8. The van der Waals surface area contributed by atoms with Gasteiger partial charge in [0.1, 0.15) is 6.04 Å². The van der Waals surface area contributed by atoms with Crippen molar-refractivity contribution < 1.29 is 23.1 Å². The third-order valence-electron chi connectivity index (χ3n) is 5.50. The molecule has 3 aromatic rings. The minimum absolute atomic E-state index is 0.469. The van der Waals surface area contributed by atoms with Gasteiger partial charge >= 0.3 is 12.1 Å². The van der Waals surface area contributed by atoms with Crippen molar-refractivity contribution in [2.24, 2.45) is 0 Å². The molecule has 152 valence electrons. The van der Waals surface area contributed by atoms with E-state index < -0.39 is 29.8 Å². The molecule has 1 fully saturated rings. The minimum Gasteiger partial charge on any atom is -0.480 e. The first-order chi connectivity index (χ1) is 13.9. The van der Waals surface area contributed by atoms with Gasteiger partial charge < -0.3 is 5.11 Å². The molecule has 7 heteroatoms. The molecule has 1 saturated heterocycles. The van der Waals surface area contributed by atoms with Crippen molar-refractivity contribution in [2.45, 2.75) is 37.5 Å². The SMILES string of the molecule is O=C(O)C1CCCCN1C(c1cccc(C(F)(F)F)c1)c1csc2ccccc12. The third kappa shape index (κ3) is 3.89. The predicted molar refractivity (Wildman–Crippen MR) is 107 cm³/mol. The Morgan fingerprint density at radius 3 is 2.69 bits per heavy atom. The van der Waals surface area contributed by atoms with E-state index in [0.29, 0.717) is 18.5 Å². The number of benzene rings is 2. The number of piperidine rings is 1.